The van der Waals surface area contributed by atoms with Crippen LogP contribution in [0.2, 0.25) is 0 Å². The maximum absolute atomic E-state index is 12.7. The van der Waals surface area contributed by atoms with E-state index >= 15 is 0 Å². The van der Waals surface area contributed by atoms with Gasteiger partial charge in [0.05, 0.1) is 20.3 Å². The second kappa shape index (κ2) is 14.9. The number of hydrogen-bond donors (Lipinski definition) is 1. The van der Waals surface area contributed by atoms with Gasteiger partial charge in [0, 0.05) is 58.6 Å². The molecule has 1 aliphatic rings. The Morgan fingerprint density at radius 3 is 2.63 bits per heavy atom. The molecule has 1 atom stereocenters. The van der Waals surface area contributed by atoms with Crippen LogP contribution in [0.1, 0.15) is 24.7 Å². The number of amides is 1. The minimum atomic E-state index is -1.27. The van der Waals surface area contributed by atoms with Gasteiger partial charge in [0.2, 0.25) is 5.91 Å². The number of aryl methyl sites for hydroxylation is 2. The molecule has 0 saturated carbocycles. The molecule has 0 radical (unpaired) electrons. The van der Waals surface area contributed by atoms with Crippen LogP contribution < -0.4 is 14.2 Å². The zero-order chi connectivity index (χ0) is 29.1. The molecule has 0 unspecified atom stereocenters. The van der Waals surface area contributed by atoms with E-state index in [1.807, 2.05) is 60.9 Å². The summed E-state index contributed by atoms with van der Waals surface area (Å²) in [5.41, 5.74) is -0.252. The van der Waals surface area contributed by atoms with Crippen molar-refractivity contribution in [3.63, 3.8) is 0 Å². The quantitative estimate of drug-likeness (QED) is 0.298. The average molecular weight is 567 g/mol. The lowest BCUT2D eigenvalue weighted by molar-refractivity contribution is -0.138. The first-order valence-corrected chi connectivity index (χ1v) is 14.1. The summed E-state index contributed by atoms with van der Waals surface area (Å²) in [6.07, 6.45) is 5.56. The molecule has 1 aliphatic heterocycles. The third-order valence-corrected chi connectivity index (χ3v) is 7.11. The summed E-state index contributed by atoms with van der Waals surface area (Å²) < 4.78 is 24.9. The van der Waals surface area contributed by atoms with Gasteiger partial charge in [-0.1, -0.05) is 31.2 Å². The normalized spacial score (nSPS) is 17.7. The summed E-state index contributed by atoms with van der Waals surface area (Å²) in [7, 11) is 3.13. The molecule has 0 spiro atoms. The number of imidazole rings is 1. The second-order valence-corrected chi connectivity index (χ2v) is 10.4. The standard InChI is InChI=1S/C31H42N4O6/c1-4-29-32-13-15-34(29)14-8-18-40-28-19-25(11-12-27(28)39-3)20-33-16-17-35(30(36)21-38-2)23-31(37,22-33)24-41-26-9-6-5-7-10-26/h5-7,9-13,15,19,37H,4,8,14,16-18,20-24H2,1-3H3/t31-/m1/s1. The molecule has 41 heavy (non-hydrogen) atoms. The van der Waals surface area contributed by atoms with Crippen molar-refractivity contribution in [1.82, 2.24) is 19.4 Å². The van der Waals surface area contributed by atoms with Crippen molar-refractivity contribution in [3.8, 4) is 17.2 Å². The fraction of sp³-hybridized carbons (Fsp3) is 0.484. The number of ether oxygens (including phenoxy) is 4. The molecule has 3 aromatic rings. The van der Waals surface area contributed by atoms with E-state index in [1.165, 1.54) is 7.11 Å². The molecule has 4 rings (SSSR count). The summed E-state index contributed by atoms with van der Waals surface area (Å²) in [5.74, 6) is 2.93. The fourth-order valence-corrected chi connectivity index (χ4v) is 5.10. The Balaban J connectivity index is 1.42. The predicted molar refractivity (Wildman–Crippen MR) is 155 cm³/mol. The number of benzene rings is 2. The topological polar surface area (TPSA) is 98.5 Å². The van der Waals surface area contributed by atoms with Crippen molar-refractivity contribution in [2.45, 2.75) is 38.5 Å². The second-order valence-electron chi connectivity index (χ2n) is 10.4. The van der Waals surface area contributed by atoms with Crippen molar-refractivity contribution in [3.05, 3.63) is 72.3 Å². The number of nitrogens with zero attached hydrogens (tertiary/aromatic N) is 4. The summed E-state index contributed by atoms with van der Waals surface area (Å²) in [4.78, 5) is 20.9. The van der Waals surface area contributed by atoms with E-state index in [0.717, 1.165) is 30.8 Å². The lowest BCUT2D eigenvalue weighted by atomic mass is 10.0. The minimum absolute atomic E-state index is 0.0323. The Morgan fingerprint density at radius 2 is 1.88 bits per heavy atom. The van der Waals surface area contributed by atoms with Gasteiger partial charge < -0.3 is 33.5 Å². The number of aliphatic hydroxyl groups is 1. The van der Waals surface area contributed by atoms with E-state index in [-0.39, 0.29) is 25.7 Å². The van der Waals surface area contributed by atoms with Gasteiger partial charge in [0.25, 0.3) is 0 Å². The third-order valence-electron chi connectivity index (χ3n) is 7.11. The van der Waals surface area contributed by atoms with Crippen LogP contribution in [0.3, 0.4) is 0 Å². The van der Waals surface area contributed by atoms with E-state index in [0.29, 0.717) is 50.0 Å². The molecule has 10 heteroatoms. The van der Waals surface area contributed by atoms with Crippen molar-refractivity contribution in [2.75, 3.05) is 60.2 Å². The largest absolute Gasteiger partial charge is 0.493 e. The molecule has 1 N–H and O–H groups in total. The molecular weight excluding hydrogens is 524 g/mol. The first-order chi connectivity index (χ1) is 19.9. The minimum Gasteiger partial charge on any atom is -0.493 e. The number of rotatable bonds is 14. The summed E-state index contributed by atoms with van der Waals surface area (Å²) >= 11 is 0. The average Bonchev–Trinajstić information content (AvgIpc) is 3.37. The van der Waals surface area contributed by atoms with Gasteiger partial charge in [0.1, 0.15) is 30.4 Å². The van der Waals surface area contributed by atoms with Gasteiger partial charge in [-0.05, 0) is 36.2 Å². The van der Waals surface area contributed by atoms with Gasteiger partial charge >= 0.3 is 0 Å². The Labute approximate surface area is 242 Å². The van der Waals surface area contributed by atoms with Crippen molar-refractivity contribution in [1.29, 1.82) is 0 Å². The smallest absolute Gasteiger partial charge is 0.248 e. The highest BCUT2D eigenvalue weighted by atomic mass is 16.5. The lowest BCUT2D eigenvalue weighted by Crippen LogP contribution is -2.52. The van der Waals surface area contributed by atoms with Crippen LogP contribution in [0.15, 0.2) is 60.9 Å². The Bertz CT molecular complexity index is 1240. The molecule has 1 saturated heterocycles. The van der Waals surface area contributed by atoms with Crippen LogP contribution in [-0.2, 0) is 29.0 Å². The molecule has 10 nitrogen and oxygen atoms in total. The number of para-hydroxylation sites is 1. The number of methoxy groups -OCH3 is 2. The van der Waals surface area contributed by atoms with Gasteiger partial charge in [-0.15, -0.1) is 0 Å². The molecule has 2 heterocycles. The predicted octanol–water partition coefficient (Wildman–Crippen LogP) is 3.02. The maximum Gasteiger partial charge on any atom is 0.248 e. The number of carbonyl (C=O) groups excluding carboxylic acids is 1. The summed E-state index contributed by atoms with van der Waals surface area (Å²) in [6, 6.07) is 15.3. The highest BCUT2D eigenvalue weighted by Gasteiger charge is 2.37. The monoisotopic (exact) mass is 566 g/mol. The van der Waals surface area contributed by atoms with Crippen LogP contribution in [-0.4, -0.2) is 96.2 Å². The molecule has 1 fully saturated rings. The van der Waals surface area contributed by atoms with Crippen molar-refractivity contribution < 1.29 is 28.8 Å². The SMILES string of the molecule is CCc1nccn1CCCOc1cc(CN2CCN(C(=O)COC)C[C@@](O)(COc3ccccc3)C2)ccc1OC. The number of hydrogen-bond acceptors (Lipinski definition) is 8. The highest BCUT2D eigenvalue weighted by molar-refractivity contribution is 5.77. The first-order valence-electron chi connectivity index (χ1n) is 14.1. The van der Waals surface area contributed by atoms with Gasteiger partial charge in [-0.3, -0.25) is 9.69 Å². The molecule has 222 valence electrons. The van der Waals surface area contributed by atoms with Gasteiger partial charge in [-0.2, -0.15) is 0 Å². The van der Waals surface area contributed by atoms with Crippen LogP contribution in [0.5, 0.6) is 17.2 Å². The van der Waals surface area contributed by atoms with Crippen LogP contribution in [0.25, 0.3) is 0 Å². The molecule has 2 aromatic carbocycles. The van der Waals surface area contributed by atoms with Crippen LogP contribution in [0, 0.1) is 0 Å². The lowest BCUT2D eigenvalue weighted by Gasteiger charge is -2.33. The van der Waals surface area contributed by atoms with Gasteiger partial charge in [-0.25, -0.2) is 4.98 Å². The third kappa shape index (κ3) is 8.69. The maximum atomic E-state index is 12.7. The Hall–Kier alpha value is -3.60. The van der Waals surface area contributed by atoms with Crippen molar-refractivity contribution in [2.24, 2.45) is 0 Å². The van der Waals surface area contributed by atoms with Crippen LogP contribution in [0.4, 0.5) is 0 Å². The molecule has 1 amide bonds. The number of aromatic nitrogens is 2. The summed E-state index contributed by atoms with van der Waals surface area (Å²) in [5, 5.41) is 11.7. The number of carbonyl (C=O) groups is 1. The van der Waals surface area contributed by atoms with E-state index in [9.17, 15) is 9.90 Å². The molecular formula is C31H42N4O6. The van der Waals surface area contributed by atoms with Crippen LogP contribution >= 0.6 is 0 Å². The summed E-state index contributed by atoms with van der Waals surface area (Å²) in [6.45, 7) is 5.62. The molecule has 0 bridgehead atoms. The fourth-order valence-electron chi connectivity index (χ4n) is 5.10. The van der Waals surface area contributed by atoms with E-state index in [2.05, 4.69) is 21.4 Å². The van der Waals surface area contributed by atoms with Crippen molar-refractivity contribution >= 4 is 5.91 Å². The first kappa shape index (κ1) is 30.4. The van der Waals surface area contributed by atoms with E-state index in [4.69, 9.17) is 18.9 Å². The zero-order valence-electron chi connectivity index (χ0n) is 24.3. The number of β-amino-alcohol motifs (C(OH)–C–C–N with tert-alkyl or cyclic N) is 1. The van der Waals surface area contributed by atoms with Gasteiger partial charge in [0.15, 0.2) is 11.5 Å². The Kier molecular flexibility index (Phi) is 11.0. The zero-order valence-corrected chi connectivity index (χ0v) is 24.3. The Morgan fingerprint density at radius 1 is 1.05 bits per heavy atom. The molecule has 1 aromatic heterocycles. The van der Waals surface area contributed by atoms with E-state index in [1.54, 1.807) is 12.0 Å². The molecule has 0 aliphatic carbocycles. The highest BCUT2D eigenvalue weighted by Crippen LogP contribution is 2.29. The van der Waals surface area contributed by atoms with E-state index < -0.39 is 5.60 Å².